The Morgan fingerprint density at radius 1 is 1.20 bits per heavy atom. The summed E-state index contributed by atoms with van der Waals surface area (Å²) in [6.45, 7) is 6.72. The smallest absolute Gasteiger partial charge is 0.153 e. The first-order chi connectivity index (χ1) is 6.68. The maximum Gasteiger partial charge on any atom is 0.153 e. The second kappa shape index (κ2) is 5.61. The Morgan fingerprint density at radius 2 is 1.67 bits per heavy atom. The van der Waals surface area contributed by atoms with E-state index < -0.39 is 15.1 Å². The Morgan fingerprint density at radius 3 is 2.00 bits per heavy atom. The van der Waals surface area contributed by atoms with Crippen molar-refractivity contribution in [3.8, 4) is 0 Å². The van der Waals surface area contributed by atoms with E-state index in [1.54, 1.807) is 27.7 Å². The highest BCUT2D eigenvalue weighted by Crippen LogP contribution is 2.08. The Balaban J connectivity index is 4.25. The summed E-state index contributed by atoms with van der Waals surface area (Å²) in [5, 5.41) is -0.420. The Bertz CT molecular complexity index is 307. The van der Waals surface area contributed by atoms with Crippen LogP contribution in [0, 0.1) is 5.92 Å². The van der Waals surface area contributed by atoms with Gasteiger partial charge in [-0.05, 0) is 20.8 Å². The molecule has 0 aromatic rings. The van der Waals surface area contributed by atoms with Gasteiger partial charge in [-0.3, -0.25) is 4.79 Å². The van der Waals surface area contributed by atoms with E-state index in [9.17, 15) is 13.2 Å². The summed E-state index contributed by atoms with van der Waals surface area (Å²) >= 11 is 0. The summed E-state index contributed by atoms with van der Waals surface area (Å²) in [6.07, 6.45) is 0.0726. The molecule has 2 N–H and O–H groups in total. The lowest BCUT2D eigenvalue weighted by Crippen LogP contribution is -2.32. The van der Waals surface area contributed by atoms with Gasteiger partial charge in [-0.15, -0.1) is 0 Å². The molecule has 2 atom stereocenters. The summed E-state index contributed by atoms with van der Waals surface area (Å²) < 4.78 is 22.9. The number of Topliss-reactive ketones (excluding diaryl/α,β-unsaturated/α-hetero) is 1. The SMILES string of the molecule is CC(N)C(C)C(=O)CCS(=O)(=O)C(C)C. The van der Waals surface area contributed by atoms with Crippen molar-refractivity contribution in [3.63, 3.8) is 0 Å². The normalized spacial score (nSPS) is 16.4. The summed E-state index contributed by atoms with van der Waals surface area (Å²) in [7, 11) is -3.11. The van der Waals surface area contributed by atoms with Crippen molar-refractivity contribution in [1.29, 1.82) is 0 Å². The van der Waals surface area contributed by atoms with E-state index in [-0.39, 0.29) is 29.9 Å². The van der Waals surface area contributed by atoms with Crippen LogP contribution in [-0.4, -0.2) is 31.2 Å². The fourth-order valence-corrected chi connectivity index (χ4v) is 1.96. The molecule has 0 rings (SSSR count). The standard InChI is InChI=1S/C10H21NO3S/c1-7(2)15(13,14)6-5-10(12)8(3)9(4)11/h7-9H,5-6,11H2,1-4H3. The molecule has 0 aliphatic rings. The minimum atomic E-state index is -3.11. The van der Waals surface area contributed by atoms with Crippen LogP contribution >= 0.6 is 0 Å². The van der Waals surface area contributed by atoms with Gasteiger partial charge >= 0.3 is 0 Å². The van der Waals surface area contributed by atoms with Gasteiger partial charge in [0.1, 0.15) is 5.78 Å². The van der Waals surface area contributed by atoms with Gasteiger partial charge in [-0.25, -0.2) is 8.42 Å². The molecular formula is C10H21NO3S. The molecular weight excluding hydrogens is 214 g/mol. The molecule has 0 saturated carbocycles. The molecule has 0 bridgehead atoms. The quantitative estimate of drug-likeness (QED) is 0.737. The third-order valence-electron chi connectivity index (χ3n) is 2.65. The number of ketones is 1. The maximum absolute atomic E-state index is 11.5. The highest BCUT2D eigenvalue weighted by molar-refractivity contribution is 7.91. The zero-order valence-electron chi connectivity index (χ0n) is 9.86. The van der Waals surface area contributed by atoms with Gasteiger partial charge < -0.3 is 5.73 Å². The van der Waals surface area contributed by atoms with Crippen LogP contribution in [0.25, 0.3) is 0 Å². The third-order valence-corrected chi connectivity index (χ3v) is 4.86. The average Bonchev–Trinajstić information content (AvgIpc) is 2.12. The van der Waals surface area contributed by atoms with Crippen molar-refractivity contribution in [2.24, 2.45) is 11.7 Å². The summed E-state index contributed by atoms with van der Waals surface area (Å²) in [5.41, 5.74) is 5.57. The molecule has 0 aliphatic carbocycles. The van der Waals surface area contributed by atoms with Crippen molar-refractivity contribution in [2.75, 3.05) is 5.75 Å². The van der Waals surface area contributed by atoms with Crippen LogP contribution in [0.1, 0.15) is 34.1 Å². The number of hydrogen-bond acceptors (Lipinski definition) is 4. The minimum absolute atomic E-state index is 0.0689. The first kappa shape index (κ1) is 14.6. The number of carbonyl (C=O) groups is 1. The number of nitrogens with two attached hydrogens (primary N) is 1. The molecule has 0 saturated heterocycles. The summed E-state index contributed by atoms with van der Waals surface area (Å²) in [5.74, 6) is -0.415. The lowest BCUT2D eigenvalue weighted by atomic mass is 9.98. The van der Waals surface area contributed by atoms with E-state index in [0.717, 1.165) is 0 Å². The average molecular weight is 235 g/mol. The fourth-order valence-electron chi connectivity index (χ4n) is 0.999. The molecule has 15 heavy (non-hydrogen) atoms. The van der Waals surface area contributed by atoms with Crippen LogP contribution in [-0.2, 0) is 14.6 Å². The molecule has 90 valence electrons. The van der Waals surface area contributed by atoms with Crippen molar-refractivity contribution in [1.82, 2.24) is 0 Å². The van der Waals surface area contributed by atoms with Crippen LogP contribution in [0.4, 0.5) is 0 Å². The molecule has 0 radical (unpaired) electrons. The van der Waals surface area contributed by atoms with Gasteiger partial charge in [0.2, 0.25) is 0 Å². The second-order valence-corrected chi connectivity index (χ2v) is 6.96. The molecule has 0 aliphatic heterocycles. The number of carbonyl (C=O) groups excluding carboxylic acids is 1. The van der Waals surface area contributed by atoms with Gasteiger partial charge in [0, 0.05) is 18.4 Å². The van der Waals surface area contributed by atoms with Crippen LogP contribution in [0.2, 0.25) is 0 Å². The largest absolute Gasteiger partial charge is 0.327 e. The van der Waals surface area contributed by atoms with Crippen molar-refractivity contribution < 1.29 is 13.2 Å². The Hall–Kier alpha value is -0.420. The zero-order chi connectivity index (χ0) is 12.2. The zero-order valence-corrected chi connectivity index (χ0v) is 10.7. The molecule has 0 fully saturated rings. The third kappa shape index (κ3) is 4.75. The molecule has 0 amide bonds. The number of hydrogen-bond donors (Lipinski definition) is 1. The summed E-state index contributed by atoms with van der Waals surface area (Å²) in [6, 6.07) is -0.223. The fraction of sp³-hybridized carbons (Fsp3) is 0.900. The van der Waals surface area contributed by atoms with E-state index in [2.05, 4.69) is 0 Å². The molecule has 4 nitrogen and oxygen atoms in total. The monoisotopic (exact) mass is 235 g/mol. The van der Waals surface area contributed by atoms with E-state index in [1.807, 2.05) is 0 Å². The molecule has 0 spiro atoms. The van der Waals surface area contributed by atoms with Gasteiger partial charge in [0.15, 0.2) is 9.84 Å². The van der Waals surface area contributed by atoms with E-state index in [1.165, 1.54) is 0 Å². The van der Waals surface area contributed by atoms with Gasteiger partial charge in [-0.2, -0.15) is 0 Å². The van der Waals surface area contributed by atoms with Crippen molar-refractivity contribution in [2.45, 2.75) is 45.4 Å². The highest BCUT2D eigenvalue weighted by Gasteiger charge is 2.21. The minimum Gasteiger partial charge on any atom is -0.327 e. The topological polar surface area (TPSA) is 77.2 Å². The lowest BCUT2D eigenvalue weighted by molar-refractivity contribution is -0.122. The van der Waals surface area contributed by atoms with Crippen LogP contribution < -0.4 is 5.73 Å². The van der Waals surface area contributed by atoms with Gasteiger partial charge in [0.25, 0.3) is 0 Å². The van der Waals surface area contributed by atoms with Crippen LogP contribution in [0.5, 0.6) is 0 Å². The first-order valence-electron chi connectivity index (χ1n) is 5.18. The van der Waals surface area contributed by atoms with Crippen LogP contribution in [0.3, 0.4) is 0 Å². The Kier molecular flexibility index (Phi) is 5.45. The molecule has 0 aromatic heterocycles. The maximum atomic E-state index is 11.5. The molecule has 2 unspecified atom stereocenters. The molecule has 0 heterocycles. The number of rotatable bonds is 6. The van der Waals surface area contributed by atoms with Crippen LogP contribution in [0.15, 0.2) is 0 Å². The predicted molar refractivity (Wildman–Crippen MR) is 61.4 cm³/mol. The van der Waals surface area contributed by atoms with E-state index in [4.69, 9.17) is 5.73 Å². The highest BCUT2D eigenvalue weighted by atomic mass is 32.2. The first-order valence-corrected chi connectivity index (χ1v) is 6.90. The molecule has 0 aromatic carbocycles. The van der Waals surface area contributed by atoms with Gasteiger partial charge in [-0.1, -0.05) is 6.92 Å². The van der Waals surface area contributed by atoms with E-state index in [0.29, 0.717) is 0 Å². The number of sulfone groups is 1. The Labute approximate surface area is 92.2 Å². The van der Waals surface area contributed by atoms with Crippen molar-refractivity contribution in [3.05, 3.63) is 0 Å². The van der Waals surface area contributed by atoms with E-state index >= 15 is 0 Å². The predicted octanol–water partition coefficient (Wildman–Crippen LogP) is 0.752. The molecule has 5 heteroatoms. The lowest BCUT2D eigenvalue weighted by Gasteiger charge is -2.14. The second-order valence-electron chi connectivity index (χ2n) is 4.28. The van der Waals surface area contributed by atoms with Gasteiger partial charge in [0.05, 0.1) is 11.0 Å². The van der Waals surface area contributed by atoms with Crippen molar-refractivity contribution >= 4 is 15.6 Å². The summed E-state index contributed by atoms with van der Waals surface area (Å²) in [4.78, 5) is 11.5.